The average Bonchev–Trinajstić information content (AvgIpc) is 3.31. The first-order valence-corrected chi connectivity index (χ1v) is 12.5. The van der Waals surface area contributed by atoms with Crippen molar-refractivity contribution in [2.24, 2.45) is 0 Å². The Morgan fingerprint density at radius 2 is 1.89 bits per heavy atom. The van der Waals surface area contributed by atoms with E-state index in [1.54, 1.807) is 36.7 Å². The third-order valence-electron chi connectivity index (χ3n) is 6.82. The molecule has 2 aliphatic heterocycles. The zero-order chi connectivity index (χ0) is 24.1. The summed E-state index contributed by atoms with van der Waals surface area (Å²) < 4.78 is 12.8. The maximum atomic E-state index is 13.5. The molecule has 0 fully saturated rings. The van der Waals surface area contributed by atoms with E-state index in [-0.39, 0.29) is 11.9 Å². The van der Waals surface area contributed by atoms with Crippen molar-refractivity contribution in [3.05, 3.63) is 76.1 Å². The van der Waals surface area contributed by atoms with Crippen LogP contribution in [0.3, 0.4) is 0 Å². The summed E-state index contributed by atoms with van der Waals surface area (Å²) in [6, 6.07) is 12.4. The molecule has 8 nitrogen and oxygen atoms in total. The molecule has 4 heterocycles. The van der Waals surface area contributed by atoms with Gasteiger partial charge in [0.15, 0.2) is 11.5 Å². The number of carbonyl (C=O) groups is 1. The highest BCUT2D eigenvalue weighted by Gasteiger charge is 2.39. The Hall–Kier alpha value is -3.59. The van der Waals surface area contributed by atoms with Crippen molar-refractivity contribution in [1.29, 1.82) is 0 Å². The summed E-state index contributed by atoms with van der Waals surface area (Å²) >= 11 is 1.57. The SMILES string of the molecule is COc1cc2c(cc1OC)C1Cc3c(cnc4nc(SCc5ccc(C)cc5)nn34)C(=O)N1CC2. The third kappa shape index (κ3) is 3.70. The van der Waals surface area contributed by atoms with E-state index in [1.165, 1.54) is 16.7 Å². The van der Waals surface area contributed by atoms with Gasteiger partial charge in [-0.1, -0.05) is 41.6 Å². The van der Waals surface area contributed by atoms with Crippen molar-refractivity contribution in [1.82, 2.24) is 24.5 Å². The number of benzene rings is 2. The van der Waals surface area contributed by atoms with Gasteiger partial charge < -0.3 is 14.4 Å². The minimum Gasteiger partial charge on any atom is -0.493 e. The van der Waals surface area contributed by atoms with E-state index in [4.69, 9.17) is 14.6 Å². The molecule has 4 aromatic rings. The highest BCUT2D eigenvalue weighted by molar-refractivity contribution is 7.98. The highest BCUT2D eigenvalue weighted by Crippen LogP contribution is 2.42. The lowest BCUT2D eigenvalue weighted by atomic mass is 9.85. The second kappa shape index (κ2) is 8.57. The maximum Gasteiger partial charge on any atom is 0.257 e. The molecule has 0 aliphatic carbocycles. The third-order valence-corrected chi connectivity index (χ3v) is 7.72. The first kappa shape index (κ1) is 21.9. The average molecular weight is 488 g/mol. The van der Waals surface area contributed by atoms with Crippen LogP contribution in [0.15, 0.2) is 47.8 Å². The molecule has 35 heavy (non-hydrogen) atoms. The molecule has 2 aromatic carbocycles. The molecular formula is C26H25N5O3S. The lowest BCUT2D eigenvalue weighted by molar-refractivity contribution is 0.0626. The molecule has 6 rings (SSSR count). The standard InChI is InChI=1S/C26H25N5O3S/c1-15-4-6-16(7-5-15)14-35-26-28-25-27-13-19-21(31(25)29-26)12-20-18-11-23(34-3)22(33-2)10-17(18)8-9-30(20)24(19)32/h4-7,10-11,13,20H,8-9,12,14H2,1-3H3. The Labute approximate surface area is 207 Å². The van der Waals surface area contributed by atoms with Gasteiger partial charge in [-0.05, 0) is 42.2 Å². The Balaban J connectivity index is 1.35. The summed E-state index contributed by atoms with van der Waals surface area (Å²) in [6.45, 7) is 2.73. The molecule has 0 N–H and O–H groups in total. The number of fused-ring (bicyclic) bond motifs is 6. The molecule has 0 saturated heterocycles. The van der Waals surface area contributed by atoms with Crippen LogP contribution in [-0.2, 0) is 18.6 Å². The number of rotatable bonds is 5. The van der Waals surface area contributed by atoms with Gasteiger partial charge in [0, 0.05) is 24.9 Å². The fourth-order valence-corrected chi connectivity index (χ4v) is 5.73. The van der Waals surface area contributed by atoms with Crippen molar-refractivity contribution < 1.29 is 14.3 Å². The van der Waals surface area contributed by atoms with Gasteiger partial charge in [-0.2, -0.15) is 9.50 Å². The van der Waals surface area contributed by atoms with Crippen LogP contribution in [0.1, 0.15) is 44.3 Å². The largest absolute Gasteiger partial charge is 0.493 e. The van der Waals surface area contributed by atoms with E-state index in [9.17, 15) is 4.79 Å². The zero-order valence-corrected chi connectivity index (χ0v) is 20.6. The number of nitrogens with zero attached hydrogens (tertiary/aromatic N) is 5. The topological polar surface area (TPSA) is 81.9 Å². The molecule has 1 unspecified atom stereocenters. The van der Waals surface area contributed by atoms with Crippen molar-refractivity contribution in [2.45, 2.75) is 36.7 Å². The van der Waals surface area contributed by atoms with Crippen molar-refractivity contribution in [2.75, 3.05) is 20.8 Å². The molecule has 0 bridgehead atoms. The summed E-state index contributed by atoms with van der Waals surface area (Å²) in [5.74, 6) is 2.64. The van der Waals surface area contributed by atoms with E-state index in [0.717, 1.165) is 23.4 Å². The Kier molecular flexibility index (Phi) is 5.36. The normalized spacial score (nSPS) is 16.6. The monoisotopic (exact) mass is 487 g/mol. The number of amides is 1. The number of hydrogen-bond donors (Lipinski definition) is 0. The quantitative estimate of drug-likeness (QED) is 0.393. The van der Waals surface area contributed by atoms with E-state index >= 15 is 0 Å². The molecule has 1 atom stereocenters. The predicted octanol–water partition coefficient (Wildman–Crippen LogP) is 4.04. The van der Waals surface area contributed by atoms with Gasteiger partial charge in [0.2, 0.25) is 5.16 Å². The molecule has 0 spiro atoms. The number of methoxy groups -OCH3 is 2. The fourth-order valence-electron chi connectivity index (χ4n) is 4.96. The lowest BCUT2D eigenvalue weighted by Gasteiger charge is -2.41. The summed E-state index contributed by atoms with van der Waals surface area (Å²) in [5, 5.41) is 5.39. The number of aromatic nitrogens is 4. The minimum absolute atomic E-state index is 0.0181. The molecule has 2 aromatic heterocycles. The summed E-state index contributed by atoms with van der Waals surface area (Å²) in [7, 11) is 3.27. The second-order valence-corrected chi connectivity index (χ2v) is 9.82. The highest BCUT2D eigenvalue weighted by atomic mass is 32.2. The Bertz CT molecular complexity index is 1450. The van der Waals surface area contributed by atoms with Gasteiger partial charge in [-0.15, -0.1) is 5.10 Å². The van der Waals surface area contributed by atoms with E-state index in [2.05, 4.69) is 41.2 Å². The van der Waals surface area contributed by atoms with Crippen LogP contribution in [0.25, 0.3) is 5.78 Å². The number of carbonyl (C=O) groups excluding carboxylic acids is 1. The molecule has 0 saturated carbocycles. The van der Waals surface area contributed by atoms with E-state index in [1.807, 2.05) is 17.0 Å². The van der Waals surface area contributed by atoms with Gasteiger partial charge in [0.1, 0.15) is 0 Å². The van der Waals surface area contributed by atoms with E-state index in [0.29, 0.717) is 41.0 Å². The predicted molar refractivity (Wildman–Crippen MR) is 132 cm³/mol. The minimum atomic E-state index is -0.1000. The number of ether oxygens (including phenoxy) is 2. The molecule has 0 radical (unpaired) electrons. The number of aryl methyl sites for hydroxylation is 1. The van der Waals surface area contributed by atoms with Crippen LogP contribution in [-0.4, -0.2) is 51.2 Å². The summed E-state index contributed by atoms with van der Waals surface area (Å²) in [4.78, 5) is 24.5. The molecular weight excluding hydrogens is 462 g/mol. The van der Waals surface area contributed by atoms with Crippen LogP contribution in [0, 0.1) is 6.92 Å². The van der Waals surface area contributed by atoms with Crippen LogP contribution in [0.2, 0.25) is 0 Å². The van der Waals surface area contributed by atoms with Crippen LogP contribution < -0.4 is 9.47 Å². The molecule has 2 aliphatic rings. The van der Waals surface area contributed by atoms with Gasteiger partial charge in [0.05, 0.1) is 31.5 Å². The molecule has 178 valence electrons. The van der Waals surface area contributed by atoms with Crippen molar-refractivity contribution >= 4 is 23.4 Å². The van der Waals surface area contributed by atoms with Gasteiger partial charge in [0.25, 0.3) is 11.7 Å². The van der Waals surface area contributed by atoms with Crippen LogP contribution in [0.4, 0.5) is 0 Å². The number of thioether (sulfide) groups is 1. The molecule has 9 heteroatoms. The van der Waals surface area contributed by atoms with Gasteiger partial charge >= 0.3 is 0 Å². The Morgan fingerprint density at radius 1 is 1.11 bits per heavy atom. The first-order valence-electron chi connectivity index (χ1n) is 11.5. The van der Waals surface area contributed by atoms with Gasteiger partial charge in [-0.25, -0.2) is 4.98 Å². The zero-order valence-electron chi connectivity index (χ0n) is 19.8. The Morgan fingerprint density at radius 3 is 2.66 bits per heavy atom. The smallest absolute Gasteiger partial charge is 0.257 e. The summed E-state index contributed by atoms with van der Waals surface area (Å²) in [5.41, 5.74) is 6.16. The van der Waals surface area contributed by atoms with Crippen molar-refractivity contribution in [3.8, 4) is 11.5 Å². The summed E-state index contributed by atoms with van der Waals surface area (Å²) in [6.07, 6.45) is 3.05. The second-order valence-electron chi connectivity index (χ2n) is 8.87. The van der Waals surface area contributed by atoms with Gasteiger partial charge in [-0.3, -0.25) is 4.79 Å². The fraction of sp³-hybridized carbons (Fsp3) is 0.308. The van der Waals surface area contributed by atoms with Crippen LogP contribution in [0.5, 0.6) is 11.5 Å². The number of hydrogen-bond acceptors (Lipinski definition) is 7. The molecule has 1 amide bonds. The maximum absolute atomic E-state index is 13.5. The van der Waals surface area contributed by atoms with E-state index < -0.39 is 0 Å². The van der Waals surface area contributed by atoms with Crippen LogP contribution >= 0.6 is 11.8 Å². The van der Waals surface area contributed by atoms with Crippen molar-refractivity contribution in [3.63, 3.8) is 0 Å². The lowest BCUT2D eigenvalue weighted by Crippen LogP contribution is -2.45. The first-order chi connectivity index (χ1) is 17.1.